The smallest absolute Gasteiger partial charge is 0.309 e. The minimum Gasteiger partial charge on any atom is -0.347 e. The third kappa shape index (κ3) is 5.52. The van der Waals surface area contributed by atoms with E-state index >= 15 is 0 Å². The highest BCUT2D eigenvalue weighted by atomic mass is 16.2. The molecule has 1 atom stereocenters. The highest BCUT2D eigenvalue weighted by Crippen LogP contribution is 2.10. The fraction of sp³-hybridized carbons (Fsp3) is 0.429. The molecule has 0 aliphatic carbocycles. The van der Waals surface area contributed by atoms with Gasteiger partial charge in [0.15, 0.2) is 0 Å². The van der Waals surface area contributed by atoms with E-state index in [2.05, 4.69) is 10.6 Å². The molecule has 0 unspecified atom stereocenters. The standard InChI is InChI=1S/C14H21N3O2/c1-11(12-7-5-4-6-8-12)16-14(19)13(18)15-9-10-17(2)3/h4-8,11H,9-10H2,1-3H3,(H,15,18)(H,16,19)/t11-/m1/s1. The first-order valence-corrected chi connectivity index (χ1v) is 6.29. The first-order chi connectivity index (χ1) is 9.00. The molecule has 0 aliphatic heterocycles. The lowest BCUT2D eigenvalue weighted by molar-refractivity contribution is -0.139. The second-order valence-corrected chi connectivity index (χ2v) is 4.67. The summed E-state index contributed by atoms with van der Waals surface area (Å²) in [5.74, 6) is -1.19. The van der Waals surface area contributed by atoms with Crippen LogP contribution in [0.3, 0.4) is 0 Å². The lowest BCUT2D eigenvalue weighted by Gasteiger charge is -2.14. The second-order valence-electron chi connectivity index (χ2n) is 4.67. The van der Waals surface area contributed by atoms with E-state index in [-0.39, 0.29) is 6.04 Å². The predicted octanol–water partition coefficient (Wildman–Crippen LogP) is 0.542. The Balaban J connectivity index is 2.40. The number of amides is 2. The van der Waals surface area contributed by atoms with Crippen molar-refractivity contribution in [1.82, 2.24) is 15.5 Å². The van der Waals surface area contributed by atoms with Gasteiger partial charge in [-0.3, -0.25) is 9.59 Å². The molecule has 0 radical (unpaired) electrons. The maximum atomic E-state index is 11.7. The van der Waals surface area contributed by atoms with Crippen LogP contribution in [-0.4, -0.2) is 43.9 Å². The molecule has 0 heterocycles. The largest absolute Gasteiger partial charge is 0.347 e. The van der Waals surface area contributed by atoms with Gasteiger partial charge in [0.25, 0.3) is 0 Å². The van der Waals surface area contributed by atoms with Crippen LogP contribution in [0, 0.1) is 0 Å². The Morgan fingerprint density at radius 3 is 2.37 bits per heavy atom. The van der Waals surface area contributed by atoms with Gasteiger partial charge in [-0.2, -0.15) is 0 Å². The van der Waals surface area contributed by atoms with Crippen LogP contribution in [0.2, 0.25) is 0 Å². The van der Waals surface area contributed by atoms with Crippen molar-refractivity contribution in [2.24, 2.45) is 0 Å². The summed E-state index contributed by atoms with van der Waals surface area (Å²) in [5, 5.41) is 5.25. The van der Waals surface area contributed by atoms with E-state index in [1.165, 1.54) is 0 Å². The maximum absolute atomic E-state index is 11.7. The Morgan fingerprint density at radius 1 is 1.16 bits per heavy atom. The highest BCUT2D eigenvalue weighted by Gasteiger charge is 2.16. The molecule has 104 valence electrons. The summed E-state index contributed by atoms with van der Waals surface area (Å²) in [4.78, 5) is 25.2. The van der Waals surface area contributed by atoms with E-state index in [9.17, 15) is 9.59 Å². The van der Waals surface area contributed by atoms with Crippen LogP contribution < -0.4 is 10.6 Å². The van der Waals surface area contributed by atoms with Gasteiger partial charge in [-0.25, -0.2) is 0 Å². The van der Waals surface area contributed by atoms with E-state index < -0.39 is 11.8 Å². The maximum Gasteiger partial charge on any atom is 0.309 e. The monoisotopic (exact) mass is 263 g/mol. The summed E-state index contributed by atoms with van der Waals surface area (Å²) < 4.78 is 0. The molecule has 0 bridgehead atoms. The number of hydrogen-bond donors (Lipinski definition) is 2. The van der Waals surface area contributed by atoms with Gasteiger partial charge in [-0.05, 0) is 26.6 Å². The number of carbonyl (C=O) groups is 2. The zero-order valence-corrected chi connectivity index (χ0v) is 11.6. The molecule has 0 aromatic heterocycles. The third-order valence-corrected chi connectivity index (χ3v) is 2.70. The molecule has 2 N–H and O–H groups in total. The van der Waals surface area contributed by atoms with Crippen LogP contribution in [0.4, 0.5) is 0 Å². The Kier molecular flexibility index (Phi) is 6.02. The first-order valence-electron chi connectivity index (χ1n) is 6.29. The summed E-state index contributed by atoms with van der Waals surface area (Å²) in [7, 11) is 3.81. The first kappa shape index (κ1) is 15.2. The van der Waals surface area contributed by atoms with Crippen molar-refractivity contribution in [2.45, 2.75) is 13.0 Å². The zero-order chi connectivity index (χ0) is 14.3. The molecular weight excluding hydrogens is 242 g/mol. The lowest BCUT2D eigenvalue weighted by atomic mass is 10.1. The molecule has 2 amide bonds. The van der Waals surface area contributed by atoms with Crippen LogP contribution in [0.15, 0.2) is 30.3 Å². The number of likely N-dealkylation sites (N-methyl/N-ethyl adjacent to an activating group) is 1. The third-order valence-electron chi connectivity index (χ3n) is 2.70. The van der Waals surface area contributed by atoms with E-state index in [0.717, 1.165) is 5.56 Å². The van der Waals surface area contributed by atoms with E-state index in [1.54, 1.807) is 0 Å². The van der Waals surface area contributed by atoms with Crippen LogP contribution in [0.1, 0.15) is 18.5 Å². The Bertz CT molecular complexity index is 418. The van der Waals surface area contributed by atoms with Gasteiger partial charge in [-0.15, -0.1) is 0 Å². The molecule has 5 nitrogen and oxygen atoms in total. The molecule has 1 aromatic carbocycles. The predicted molar refractivity (Wildman–Crippen MR) is 74.6 cm³/mol. The molecule has 1 aromatic rings. The molecule has 0 aliphatic rings. The van der Waals surface area contributed by atoms with Gasteiger partial charge < -0.3 is 15.5 Å². The van der Waals surface area contributed by atoms with Crippen molar-refractivity contribution < 1.29 is 9.59 Å². The number of nitrogens with one attached hydrogen (secondary N) is 2. The summed E-state index contributed by atoms with van der Waals surface area (Å²) in [6.45, 7) is 3.01. The fourth-order valence-corrected chi connectivity index (χ4v) is 1.56. The van der Waals surface area contributed by atoms with Gasteiger partial charge >= 0.3 is 11.8 Å². The number of nitrogens with zero attached hydrogens (tertiary/aromatic N) is 1. The highest BCUT2D eigenvalue weighted by molar-refractivity contribution is 6.35. The molecule has 0 fully saturated rings. The van der Waals surface area contributed by atoms with Crippen molar-refractivity contribution >= 4 is 11.8 Å². The number of carbonyl (C=O) groups excluding carboxylic acids is 2. The summed E-state index contributed by atoms with van der Waals surface area (Å²) in [6.07, 6.45) is 0. The average molecular weight is 263 g/mol. The van der Waals surface area contributed by atoms with E-state index in [1.807, 2.05) is 56.3 Å². The minimum absolute atomic E-state index is 0.187. The van der Waals surface area contributed by atoms with E-state index in [0.29, 0.717) is 13.1 Å². The van der Waals surface area contributed by atoms with Crippen LogP contribution in [0.5, 0.6) is 0 Å². The van der Waals surface area contributed by atoms with Crippen LogP contribution in [0.25, 0.3) is 0 Å². The normalized spacial score (nSPS) is 12.0. The average Bonchev–Trinajstić information content (AvgIpc) is 2.39. The molecule has 19 heavy (non-hydrogen) atoms. The summed E-state index contributed by atoms with van der Waals surface area (Å²) in [5.41, 5.74) is 0.969. The second kappa shape index (κ2) is 7.53. The summed E-state index contributed by atoms with van der Waals surface area (Å²) in [6, 6.07) is 9.34. The number of benzene rings is 1. The zero-order valence-electron chi connectivity index (χ0n) is 11.6. The Hall–Kier alpha value is -1.88. The molecule has 0 saturated heterocycles. The Morgan fingerprint density at radius 2 is 1.79 bits per heavy atom. The number of hydrogen-bond acceptors (Lipinski definition) is 3. The van der Waals surface area contributed by atoms with Crippen LogP contribution >= 0.6 is 0 Å². The molecule has 0 spiro atoms. The summed E-state index contributed by atoms with van der Waals surface area (Å²) >= 11 is 0. The van der Waals surface area contributed by atoms with Crippen LogP contribution in [-0.2, 0) is 9.59 Å². The molecule has 5 heteroatoms. The molecule has 0 saturated carbocycles. The fourth-order valence-electron chi connectivity index (χ4n) is 1.56. The van der Waals surface area contributed by atoms with Gasteiger partial charge in [0, 0.05) is 13.1 Å². The SMILES string of the molecule is C[C@@H](NC(=O)C(=O)NCCN(C)C)c1ccccc1. The van der Waals surface area contributed by atoms with Gasteiger partial charge in [0.2, 0.25) is 0 Å². The topological polar surface area (TPSA) is 61.4 Å². The van der Waals surface area contributed by atoms with Crippen molar-refractivity contribution in [1.29, 1.82) is 0 Å². The van der Waals surface area contributed by atoms with Gasteiger partial charge in [0.05, 0.1) is 6.04 Å². The van der Waals surface area contributed by atoms with Crippen molar-refractivity contribution in [3.05, 3.63) is 35.9 Å². The minimum atomic E-state index is -0.602. The van der Waals surface area contributed by atoms with Gasteiger partial charge in [-0.1, -0.05) is 30.3 Å². The van der Waals surface area contributed by atoms with Gasteiger partial charge in [0.1, 0.15) is 0 Å². The van der Waals surface area contributed by atoms with Crippen molar-refractivity contribution in [3.63, 3.8) is 0 Å². The number of rotatable bonds is 5. The lowest BCUT2D eigenvalue weighted by Crippen LogP contribution is -2.42. The Labute approximate surface area is 114 Å². The van der Waals surface area contributed by atoms with Crippen molar-refractivity contribution in [3.8, 4) is 0 Å². The molecular formula is C14H21N3O2. The van der Waals surface area contributed by atoms with Crippen molar-refractivity contribution in [2.75, 3.05) is 27.2 Å². The van der Waals surface area contributed by atoms with E-state index in [4.69, 9.17) is 0 Å². The molecule has 1 rings (SSSR count). The quantitative estimate of drug-likeness (QED) is 0.762.